The fourth-order valence-corrected chi connectivity index (χ4v) is 3.07. The molecule has 18 heavy (non-hydrogen) atoms. The molecule has 102 valence electrons. The van der Waals surface area contributed by atoms with Gasteiger partial charge < -0.3 is 11.2 Å². The third-order valence-corrected chi connectivity index (χ3v) is 4.35. The van der Waals surface area contributed by atoms with Crippen molar-refractivity contribution in [3.8, 4) is 0 Å². The molecule has 0 saturated heterocycles. The standard InChI is InChI=1S/C15H22ClN.H2O/c1-11(2)10-14(17)15(8-3-9-15)12-4-6-13(16)7-5-12;/h4-7,11,14H,3,8-10,17H2,1-2H3;1H2. The summed E-state index contributed by atoms with van der Waals surface area (Å²) in [6, 6.07) is 8.55. The van der Waals surface area contributed by atoms with Crippen LogP contribution in [0.4, 0.5) is 0 Å². The van der Waals surface area contributed by atoms with Crippen LogP contribution in [0.5, 0.6) is 0 Å². The van der Waals surface area contributed by atoms with Crippen molar-refractivity contribution in [1.82, 2.24) is 0 Å². The van der Waals surface area contributed by atoms with Crippen molar-refractivity contribution in [2.75, 3.05) is 0 Å². The van der Waals surface area contributed by atoms with Crippen molar-refractivity contribution in [3.05, 3.63) is 34.9 Å². The number of rotatable bonds is 4. The van der Waals surface area contributed by atoms with Gasteiger partial charge in [-0.1, -0.05) is 44.0 Å². The van der Waals surface area contributed by atoms with Crippen molar-refractivity contribution >= 4 is 11.6 Å². The van der Waals surface area contributed by atoms with E-state index in [1.54, 1.807) is 0 Å². The highest BCUT2D eigenvalue weighted by Gasteiger charge is 2.43. The summed E-state index contributed by atoms with van der Waals surface area (Å²) in [5.74, 6) is 0.662. The Morgan fingerprint density at radius 3 is 2.17 bits per heavy atom. The smallest absolute Gasteiger partial charge is 0.0406 e. The van der Waals surface area contributed by atoms with Gasteiger partial charge >= 0.3 is 0 Å². The van der Waals surface area contributed by atoms with E-state index in [1.165, 1.54) is 24.8 Å². The molecule has 4 N–H and O–H groups in total. The third-order valence-electron chi connectivity index (χ3n) is 4.10. The summed E-state index contributed by atoms with van der Waals surface area (Å²) >= 11 is 5.96. The molecule has 1 aromatic rings. The third kappa shape index (κ3) is 2.87. The van der Waals surface area contributed by atoms with E-state index >= 15 is 0 Å². The van der Waals surface area contributed by atoms with Crippen molar-refractivity contribution < 1.29 is 5.48 Å². The van der Waals surface area contributed by atoms with E-state index in [1.807, 2.05) is 12.1 Å². The SMILES string of the molecule is CC(C)CC(N)C1(c2ccc(Cl)cc2)CCC1.O. The monoisotopic (exact) mass is 269 g/mol. The molecule has 1 saturated carbocycles. The van der Waals surface area contributed by atoms with E-state index in [4.69, 9.17) is 17.3 Å². The zero-order chi connectivity index (χ0) is 12.5. The molecule has 0 spiro atoms. The second-order valence-corrected chi connectivity index (χ2v) is 6.19. The minimum atomic E-state index is 0. The summed E-state index contributed by atoms with van der Waals surface area (Å²) in [6.07, 6.45) is 4.85. The van der Waals surface area contributed by atoms with E-state index in [0.29, 0.717) is 5.92 Å². The van der Waals surface area contributed by atoms with Crippen LogP contribution < -0.4 is 5.73 Å². The van der Waals surface area contributed by atoms with Gasteiger partial charge in [-0.25, -0.2) is 0 Å². The Kier molecular flexibility index (Phi) is 5.20. The molecule has 1 atom stereocenters. The zero-order valence-electron chi connectivity index (χ0n) is 11.2. The molecule has 0 radical (unpaired) electrons. The molecule has 1 aliphatic rings. The van der Waals surface area contributed by atoms with E-state index < -0.39 is 0 Å². The Balaban J connectivity index is 0.00000162. The summed E-state index contributed by atoms with van der Waals surface area (Å²) in [6.45, 7) is 4.49. The largest absolute Gasteiger partial charge is 0.412 e. The first-order valence-corrected chi connectivity index (χ1v) is 6.94. The van der Waals surface area contributed by atoms with Gasteiger partial charge in [0.1, 0.15) is 0 Å². The van der Waals surface area contributed by atoms with E-state index in [-0.39, 0.29) is 16.9 Å². The molecule has 3 heteroatoms. The van der Waals surface area contributed by atoms with Crippen LogP contribution in [-0.2, 0) is 5.41 Å². The van der Waals surface area contributed by atoms with Gasteiger partial charge in [-0.15, -0.1) is 0 Å². The van der Waals surface area contributed by atoms with Gasteiger partial charge in [0.25, 0.3) is 0 Å². The molecule has 1 aliphatic carbocycles. The van der Waals surface area contributed by atoms with Crippen LogP contribution in [0.2, 0.25) is 5.02 Å². The summed E-state index contributed by atoms with van der Waals surface area (Å²) < 4.78 is 0. The molecule has 2 nitrogen and oxygen atoms in total. The Morgan fingerprint density at radius 1 is 1.22 bits per heavy atom. The molecule has 0 amide bonds. The number of hydrogen-bond acceptors (Lipinski definition) is 1. The quantitative estimate of drug-likeness (QED) is 0.896. The van der Waals surface area contributed by atoms with Crippen molar-refractivity contribution in [1.29, 1.82) is 0 Å². The Bertz CT molecular complexity index is 371. The van der Waals surface area contributed by atoms with Gasteiger partial charge in [-0.2, -0.15) is 0 Å². The first-order valence-electron chi connectivity index (χ1n) is 6.56. The van der Waals surface area contributed by atoms with Gasteiger partial charge in [-0.3, -0.25) is 0 Å². The molecule has 0 bridgehead atoms. The van der Waals surface area contributed by atoms with Gasteiger partial charge in [0.2, 0.25) is 0 Å². The maximum Gasteiger partial charge on any atom is 0.0406 e. The highest BCUT2D eigenvalue weighted by Crippen LogP contribution is 2.47. The summed E-state index contributed by atoms with van der Waals surface area (Å²) in [4.78, 5) is 0. The lowest BCUT2D eigenvalue weighted by Gasteiger charge is -2.47. The summed E-state index contributed by atoms with van der Waals surface area (Å²) in [7, 11) is 0. The van der Waals surface area contributed by atoms with E-state index in [0.717, 1.165) is 11.4 Å². The summed E-state index contributed by atoms with van der Waals surface area (Å²) in [5, 5.41) is 0.806. The van der Waals surface area contributed by atoms with Gasteiger partial charge in [0.15, 0.2) is 0 Å². The lowest BCUT2D eigenvalue weighted by Crippen LogP contribution is -2.50. The van der Waals surface area contributed by atoms with Crippen molar-refractivity contribution in [2.45, 2.75) is 51.0 Å². The highest BCUT2D eigenvalue weighted by atomic mass is 35.5. The van der Waals surface area contributed by atoms with E-state index in [9.17, 15) is 0 Å². The fraction of sp³-hybridized carbons (Fsp3) is 0.600. The predicted octanol–water partition coefficient (Wildman–Crippen LogP) is 3.31. The lowest BCUT2D eigenvalue weighted by atomic mass is 9.59. The number of benzene rings is 1. The lowest BCUT2D eigenvalue weighted by molar-refractivity contribution is 0.178. The van der Waals surface area contributed by atoms with Crippen LogP contribution >= 0.6 is 11.6 Å². The van der Waals surface area contributed by atoms with Crippen LogP contribution in [0.1, 0.15) is 45.1 Å². The van der Waals surface area contributed by atoms with Gasteiger partial charge in [-0.05, 0) is 42.9 Å². The van der Waals surface area contributed by atoms with Crippen LogP contribution in [0.15, 0.2) is 24.3 Å². The first kappa shape index (κ1) is 15.5. The molecule has 1 aromatic carbocycles. The maximum atomic E-state index is 6.45. The second kappa shape index (κ2) is 6.05. The molecule has 0 aliphatic heterocycles. The topological polar surface area (TPSA) is 57.5 Å². The fourth-order valence-electron chi connectivity index (χ4n) is 2.95. The van der Waals surface area contributed by atoms with Crippen molar-refractivity contribution in [2.24, 2.45) is 11.7 Å². The van der Waals surface area contributed by atoms with Gasteiger partial charge in [0, 0.05) is 16.5 Å². The number of nitrogens with two attached hydrogens (primary N) is 1. The van der Waals surface area contributed by atoms with E-state index in [2.05, 4.69) is 26.0 Å². The molecule has 1 fully saturated rings. The average Bonchev–Trinajstić information content (AvgIpc) is 2.18. The van der Waals surface area contributed by atoms with Crippen LogP contribution in [0, 0.1) is 5.92 Å². The molecule has 0 aromatic heterocycles. The predicted molar refractivity (Wildman–Crippen MR) is 78.0 cm³/mol. The average molecular weight is 270 g/mol. The molecule has 0 heterocycles. The normalized spacial score (nSPS) is 18.9. The Hall–Kier alpha value is -0.570. The number of halogens is 1. The zero-order valence-corrected chi connectivity index (χ0v) is 12.0. The summed E-state index contributed by atoms with van der Waals surface area (Å²) in [5.41, 5.74) is 8.05. The van der Waals surface area contributed by atoms with Crippen molar-refractivity contribution in [3.63, 3.8) is 0 Å². The molecular weight excluding hydrogens is 246 g/mol. The first-order chi connectivity index (χ1) is 8.04. The van der Waals surface area contributed by atoms with Crippen LogP contribution in [-0.4, -0.2) is 11.5 Å². The molecule has 1 unspecified atom stereocenters. The second-order valence-electron chi connectivity index (χ2n) is 5.75. The minimum absolute atomic E-state index is 0. The Labute approximate surface area is 115 Å². The molecular formula is C15H24ClNO. The van der Waals surface area contributed by atoms with Gasteiger partial charge in [0.05, 0.1) is 0 Å². The van der Waals surface area contributed by atoms with Crippen LogP contribution in [0.3, 0.4) is 0 Å². The number of hydrogen-bond donors (Lipinski definition) is 1. The molecule has 2 rings (SSSR count). The Morgan fingerprint density at radius 2 is 1.78 bits per heavy atom. The highest BCUT2D eigenvalue weighted by molar-refractivity contribution is 6.30. The van der Waals surface area contributed by atoms with Crippen LogP contribution in [0.25, 0.3) is 0 Å². The minimum Gasteiger partial charge on any atom is -0.412 e. The maximum absolute atomic E-state index is 6.45.